The van der Waals surface area contributed by atoms with Crippen molar-refractivity contribution >= 4 is 49.2 Å². The minimum atomic E-state index is -4.12. The van der Waals surface area contributed by atoms with Crippen molar-refractivity contribution in [3.05, 3.63) is 125 Å². The highest BCUT2D eigenvalue weighted by atomic mass is 35.5. The second-order valence-corrected chi connectivity index (χ2v) is 10.6. The van der Waals surface area contributed by atoms with Gasteiger partial charge >= 0.3 is 7.60 Å². The van der Waals surface area contributed by atoms with Crippen LogP contribution in [-0.4, -0.2) is 11.7 Å². The molecular weight excluding hydrogens is 529 g/mol. The molecule has 10 heteroatoms. The maximum atomic E-state index is 14.5. The summed E-state index contributed by atoms with van der Waals surface area (Å²) in [6.07, 6.45) is 3.05. The number of nitrogens with one attached hydrogen (secondary N) is 2. The first-order valence-electron chi connectivity index (χ1n) is 11.0. The van der Waals surface area contributed by atoms with Crippen molar-refractivity contribution in [3.8, 4) is 11.5 Å². The third kappa shape index (κ3) is 7.57. The van der Waals surface area contributed by atoms with Crippen molar-refractivity contribution in [2.45, 2.75) is 5.78 Å². The summed E-state index contributed by atoms with van der Waals surface area (Å²) in [6, 6.07) is 27.6. The molecule has 0 aliphatic rings. The highest BCUT2D eigenvalue weighted by Gasteiger charge is 2.41. The second-order valence-electron chi connectivity index (χ2n) is 7.64. The quantitative estimate of drug-likeness (QED) is 0.0882. The van der Waals surface area contributed by atoms with Gasteiger partial charge in [0.05, 0.1) is 0 Å². The lowest BCUT2D eigenvalue weighted by Crippen LogP contribution is -2.30. The van der Waals surface area contributed by atoms with E-state index in [0.717, 1.165) is 4.88 Å². The fourth-order valence-electron chi connectivity index (χ4n) is 3.30. The van der Waals surface area contributed by atoms with Gasteiger partial charge in [0.25, 0.3) is 0 Å². The Morgan fingerprint density at radius 3 is 1.95 bits per heavy atom. The van der Waals surface area contributed by atoms with Crippen molar-refractivity contribution in [3.63, 3.8) is 0 Å². The normalized spacial score (nSPS) is 11.8. The highest BCUT2D eigenvalue weighted by molar-refractivity contribution is 7.55. The average Bonchev–Trinajstić information content (AvgIpc) is 3.41. The highest BCUT2D eigenvalue weighted by Crippen LogP contribution is 2.59. The number of para-hydroxylation sites is 2. The Kier molecular flexibility index (Phi) is 9.69. The van der Waals surface area contributed by atoms with E-state index in [1.807, 2.05) is 29.6 Å². The van der Waals surface area contributed by atoms with Crippen LogP contribution in [0.5, 0.6) is 11.5 Å². The van der Waals surface area contributed by atoms with E-state index in [2.05, 4.69) is 5.32 Å². The number of thiophene rings is 1. The summed E-state index contributed by atoms with van der Waals surface area (Å²) in [5.74, 6) is -1.10. The first-order valence-corrected chi connectivity index (χ1v) is 13.5. The van der Waals surface area contributed by atoms with Gasteiger partial charge in [0.1, 0.15) is 17.3 Å². The fourth-order valence-corrected chi connectivity index (χ4v) is 5.82. The molecule has 1 aromatic heterocycles. The SMILES string of the molecule is Cl.N=C(N)c1ccc(C(NC(=O)C=Cc2cccs2)P(=O)(Oc2ccccc2)Oc2ccccc2)cc1. The molecule has 190 valence electrons. The van der Waals surface area contributed by atoms with Crippen LogP contribution in [0.15, 0.2) is 109 Å². The third-order valence-electron chi connectivity index (χ3n) is 5.03. The molecule has 4 N–H and O–H groups in total. The minimum Gasteiger partial charge on any atom is -0.414 e. The first kappa shape index (κ1) is 27.7. The molecule has 0 aliphatic carbocycles. The smallest absolute Gasteiger partial charge is 0.414 e. The predicted molar refractivity (Wildman–Crippen MR) is 151 cm³/mol. The molecule has 1 amide bonds. The number of hydrogen-bond acceptors (Lipinski definition) is 6. The summed E-state index contributed by atoms with van der Waals surface area (Å²) >= 11 is 1.49. The van der Waals surface area contributed by atoms with E-state index in [9.17, 15) is 9.36 Å². The summed E-state index contributed by atoms with van der Waals surface area (Å²) in [5, 5.41) is 12.4. The van der Waals surface area contributed by atoms with Crippen LogP contribution in [0.4, 0.5) is 0 Å². The number of nitrogen functional groups attached to an aromatic ring is 1. The van der Waals surface area contributed by atoms with E-state index in [-0.39, 0.29) is 18.2 Å². The van der Waals surface area contributed by atoms with Gasteiger partial charge in [0.2, 0.25) is 5.91 Å². The Morgan fingerprint density at radius 2 is 1.46 bits per heavy atom. The number of carbonyl (C=O) groups is 1. The Balaban J connectivity index is 0.00000380. The zero-order chi connectivity index (χ0) is 25.4. The maximum absolute atomic E-state index is 14.5. The van der Waals surface area contributed by atoms with Crippen LogP contribution in [0.1, 0.15) is 21.8 Å². The Labute approximate surface area is 225 Å². The number of halogens is 1. The van der Waals surface area contributed by atoms with Gasteiger partial charge in [0.15, 0.2) is 5.78 Å². The fraction of sp³-hybridized carbons (Fsp3) is 0.0370. The summed E-state index contributed by atoms with van der Waals surface area (Å²) in [7, 11) is -4.12. The molecule has 0 saturated heterocycles. The van der Waals surface area contributed by atoms with Crippen molar-refractivity contribution in [1.82, 2.24) is 5.32 Å². The topological polar surface area (TPSA) is 114 Å². The van der Waals surface area contributed by atoms with E-state index in [4.69, 9.17) is 20.2 Å². The molecule has 1 atom stereocenters. The van der Waals surface area contributed by atoms with Crippen LogP contribution in [0.2, 0.25) is 0 Å². The van der Waals surface area contributed by atoms with E-state index >= 15 is 0 Å². The van der Waals surface area contributed by atoms with E-state index in [1.54, 1.807) is 78.9 Å². The molecule has 0 saturated carbocycles. The van der Waals surface area contributed by atoms with Crippen molar-refractivity contribution in [2.75, 3.05) is 0 Å². The molecule has 1 heterocycles. The lowest BCUT2D eigenvalue weighted by Gasteiger charge is -2.28. The Hall–Kier alpha value is -3.84. The number of amides is 1. The molecule has 0 radical (unpaired) electrons. The van der Waals surface area contributed by atoms with Crippen LogP contribution in [0.25, 0.3) is 6.08 Å². The van der Waals surface area contributed by atoms with E-state index < -0.39 is 19.3 Å². The monoisotopic (exact) mass is 553 g/mol. The summed E-state index contributed by atoms with van der Waals surface area (Å²) in [5.41, 5.74) is 6.55. The summed E-state index contributed by atoms with van der Waals surface area (Å²) in [6.45, 7) is 0. The summed E-state index contributed by atoms with van der Waals surface area (Å²) in [4.78, 5) is 13.9. The predicted octanol–water partition coefficient (Wildman–Crippen LogP) is 6.63. The van der Waals surface area contributed by atoms with Gasteiger partial charge in [-0.25, -0.2) is 4.57 Å². The zero-order valence-corrected chi connectivity index (χ0v) is 22.0. The zero-order valence-electron chi connectivity index (χ0n) is 19.5. The number of hydrogen-bond donors (Lipinski definition) is 3. The number of amidine groups is 1. The lowest BCUT2D eigenvalue weighted by atomic mass is 10.1. The third-order valence-corrected chi connectivity index (χ3v) is 7.85. The standard InChI is InChI=1S/C27H24N3O4PS.ClH/c28-26(29)20-13-15-21(16-14-20)27(30-25(31)18-17-24-12-7-19-36-24)35(32,33-22-8-3-1-4-9-22)34-23-10-5-2-6-11-23;/h1-19,27H,(H3,28,29)(H,30,31);1H. The van der Waals surface area contributed by atoms with Gasteiger partial charge < -0.3 is 20.1 Å². The molecular formula is C27H25ClN3O4PS. The van der Waals surface area contributed by atoms with Crippen LogP contribution in [0, 0.1) is 5.41 Å². The van der Waals surface area contributed by atoms with Gasteiger partial charge in [-0.15, -0.1) is 23.7 Å². The van der Waals surface area contributed by atoms with Gasteiger partial charge in [-0.2, -0.15) is 0 Å². The number of carbonyl (C=O) groups excluding carboxylic acids is 1. The number of rotatable bonds is 10. The molecule has 0 aliphatic heterocycles. The molecule has 37 heavy (non-hydrogen) atoms. The van der Waals surface area contributed by atoms with Gasteiger partial charge in [-0.3, -0.25) is 10.2 Å². The molecule has 0 spiro atoms. The second kappa shape index (κ2) is 12.9. The van der Waals surface area contributed by atoms with Gasteiger partial charge in [-0.1, -0.05) is 66.7 Å². The van der Waals surface area contributed by atoms with Crippen molar-refractivity contribution < 1.29 is 18.4 Å². The van der Waals surface area contributed by atoms with Crippen LogP contribution < -0.4 is 20.1 Å². The number of benzene rings is 3. The molecule has 7 nitrogen and oxygen atoms in total. The molecule has 1 unspecified atom stereocenters. The molecule has 3 aromatic carbocycles. The van der Waals surface area contributed by atoms with Crippen LogP contribution >= 0.6 is 31.3 Å². The molecule has 0 fully saturated rings. The number of nitrogens with two attached hydrogens (primary N) is 1. The largest absolute Gasteiger partial charge is 0.457 e. The molecule has 4 aromatic rings. The van der Waals surface area contributed by atoms with Crippen molar-refractivity contribution in [1.29, 1.82) is 5.41 Å². The Morgan fingerprint density at radius 1 is 0.892 bits per heavy atom. The van der Waals surface area contributed by atoms with E-state index in [1.165, 1.54) is 17.4 Å². The average molecular weight is 554 g/mol. The first-order chi connectivity index (χ1) is 17.4. The van der Waals surface area contributed by atoms with E-state index in [0.29, 0.717) is 22.6 Å². The molecule has 4 rings (SSSR count). The summed E-state index contributed by atoms with van der Waals surface area (Å²) < 4.78 is 26.5. The maximum Gasteiger partial charge on any atom is 0.457 e. The Bertz CT molecular complexity index is 1340. The van der Waals surface area contributed by atoms with Gasteiger partial charge in [-0.05, 0) is 47.4 Å². The van der Waals surface area contributed by atoms with Crippen molar-refractivity contribution in [2.24, 2.45) is 5.73 Å². The molecule has 0 bridgehead atoms. The lowest BCUT2D eigenvalue weighted by molar-refractivity contribution is -0.116. The minimum absolute atomic E-state index is 0. The van der Waals surface area contributed by atoms with Crippen LogP contribution in [-0.2, 0) is 9.36 Å². The van der Waals surface area contributed by atoms with Crippen LogP contribution in [0.3, 0.4) is 0 Å². The van der Waals surface area contributed by atoms with Gasteiger partial charge in [0, 0.05) is 16.5 Å².